The molecular formula is C22H39IN4O3. The predicted molar refractivity (Wildman–Crippen MR) is 134 cm³/mol. The summed E-state index contributed by atoms with van der Waals surface area (Å²) in [4.78, 5) is 17.9. The fraction of sp³-hybridized carbons (Fsp3) is 0.636. The molecule has 0 aliphatic heterocycles. The molecule has 1 amide bonds. The number of carbonyl (C=O) groups is 1. The summed E-state index contributed by atoms with van der Waals surface area (Å²) in [7, 11) is 5.13. The first kappa shape index (κ1) is 28.5. The Morgan fingerprint density at radius 1 is 1.13 bits per heavy atom. The summed E-state index contributed by atoms with van der Waals surface area (Å²) in [5.41, 5.74) is 1.21. The van der Waals surface area contributed by atoms with Crippen LogP contribution in [0.3, 0.4) is 0 Å². The van der Waals surface area contributed by atoms with Crippen molar-refractivity contribution in [2.75, 3.05) is 47.4 Å². The smallest absolute Gasteiger partial charge is 0.243 e. The monoisotopic (exact) mass is 534 g/mol. The third kappa shape index (κ3) is 11.6. The molecule has 30 heavy (non-hydrogen) atoms. The highest BCUT2D eigenvalue weighted by molar-refractivity contribution is 14.0. The minimum atomic E-state index is -0.0318. The lowest BCUT2D eigenvalue weighted by Gasteiger charge is -2.21. The summed E-state index contributed by atoms with van der Waals surface area (Å²) < 4.78 is 11.0. The molecule has 0 fully saturated rings. The summed E-state index contributed by atoms with van der Waals surface area (Å²) >= 11 is 0. The molecule has 0 aliphatic rings. The van der Waals surface area contributed by atoms with E-state index in [2.05, 4.69) is 41.6 Å². The van der Waals surface area contributed by atoms with E-state index in [1.165, 1.54) is 5.56 Å². The number of aliphatic imine (C=N–C) groups is 1. The number of hydrogen-bond donors (Lipinski definition) is 2. The number of nitrogens with zero attached hydrogens (tertiary/aromatic N) is 2. The van der Waals surface area contributed by atoms with Gasteiger partial charge in [-0.2, -0.15) is 0 Å². The van der Waals surface area contributed by atoms with E-state index in [-0.39, 0.29) is 42.5 Å². The molecule has 0 heterocycles. The number of hydrogen-bond acceptors (Lipinski definition) is 4. The van der Waals surface area contributed by atoms with Gasteiger partial charge in [-0.15, -0.1) is 24.0 Å². The van der Waals surface area contributed by atoms with Crippen LogP contribution in [0.4, 0.5) is 0 Å². The van der Waals surface area contributed by atoms with Gasteiger partial charge >= 0.3 is 0 Å². The number of halogens is 1. The van der Waals surface area contributed by atoms with Crippen molar-refractivity contribution in [3.8, 4) is 5.75 Å². The second-order valence-corrected chi connectivity index (χ2v) is 7.43. The average Bonchev–Trinajstić information content (AvgIpc) is 2.70. The highest BCUT2D eigenvalue weighted by Crippen LogP contribution is 2.11. The lowest BCUT2D eigenvalue weighted by molar-refractivity contribution is -0.127. The van der Waals surface area contributed by atoms with Gasteiger partial charge in [0, 0.05) is 33.8 Å². The van der Waals surface area contributed by atoms with Crippen LogP contribution in [0.5, 0.6) is 5.75 Å². The first-order valence-electron chi connectivity index (χ1n) is 10.3. The molecule has 1 aromatic rings. The van der Waals surface area contributed by atoms with E-state index in [4.69, 9.17) is 9.47 Å². The van der Waals surface area contributed by atoms with Gasteiger partial charge in [-0.25, -0.2) is 4.99 Å². The van der Waals surface area contributed by atoms with Crippen LogP contribution in [-0.4, -0.2) is 70.3 Å². The number of amides is 1. The Hall–Kier alpha value is -1.55. The largest absolute Gasteiger partial charge is 0.497 e. The third-order valence-corrected chi connectivity index (χ3v) is 4.58. The zero-order chi connectivity index (χ0) is 21.6. The number of guanidine groups is 1. The number of ether oxygens (including phenoxy) is 2. The first-order chi connectivity index (χ1) is 13.9. The van der Waals surface area contributed by atoms with Gasteiger partial charge in [0.05, 0.1) is 13.2 Å². The van der Waals surface area contributed by atoms with Crippen LogP contribution in [0.2, 0.25) is 0 Å². The Kier molecular flexibility index (Phi) is 15.3. The molecule has 8 heteroatoms. The molecule has 7 nitrogen and oxygen atoms in total. The van der Waals surface area contributed by atoms with E-state index in [1.54, 1.807) is 26.1 Å². The van der Waals surface area contributed by atoms with Crippen molar-refractivity contribution in [3.05, 3.63) is 29.8 Å². The van der Waals surface area contributed by atoms with Crippen molar-refractivity contribution in [2.45, 2.75) is 39.7 Å². The maximum absolute atomic E-state index is 11.9. The van der Waals surface area contributed by atoms with Gasteiger partial charge in [-0.1, -0.05) is 26.0 Å². The van der Waals surface area contributed by atoms with E-state index in [1.807, 2.05) is 19.1 Å². The molecule has 0 aromatic heterocycles. The number of methoxy groups -OCH3 is 1. The first-order valence-corrected chi connectivity index (χ1v) is 10.3. The van der Waals surface area contributed by atoms with Crippen molar-refractivity contribution in [3.63, 3.8) is 0 Å². The Balaban J connectivity index is 0.00000841. The number of carbonyl (C=O) groups excluding carboxylic acids is 1. The van der Waals surface area contributed by atoms with Crippen LogP contribution in [0, 0.1) is 5.92 Å². The van der Waals surface area contributed by atoms with Gasteiger partial charge in [0.15, 0.2) is 5.96 Å². The van der Waals surface area contributed by atoms with Gasteiger partial charge in [0.1, 0.15) is 12.3 Å². The van der Waals surface area contributed by atoms with Crippen LogP contribution < -0.4 is 15.4 Å². The zero-order valence-corrected chi connectivity index (χ0v) is 21.6. The third-order valence-electron chi connectivity index (χ3n) is 4.58. The molecule has 172 valence electrons. The van der Waals surface area contributed by atoms with Gasteiger partial charge in [-0.3, -0.25) is 4.79 Å². The summed E-state index contributed by atoms with van der Waals surface area (Å²) in [5, 5.41) is 6.65. The molecule has 1 rings (SSSR count). The minimum Gasteiger partial charge on any atom is -0.497 e. The Bertz CT molecular complexity index is 621. The van der Waals surface area contributed by atoms with Gasteiger partial charge in [0.2, 0.25) is 5.91 Å². The summed E-state index contributed by atoms with van der Waals surface area (Å²) in [6, 6.07) is 8.02. The van der Waals surface area contributed by atoms with Crippen molar-refractivity contribution >= 4 is 35.8 Å². The minimum absolute atomic E-state index is 0. The fourth-order valence-electron chi connectivity index (χ4n) is 2.74. The lowest BCUT2D eigenvalue weighted by atomic mass is 10.0. The molecule has 0 spiro atoms. The van der Waals surface area contributed by atoms with E-state index in [0.29, 0.717) is 25.0 Å². The standard InChI is InChI=1S/C22H38N4O3.HI/c1-7-29-20(17(2)3)13-15-24-22(25-16-21(27)26(4)5)23-14-12-18-8-10-19(28-6)11-9-18;/h8-11,17,20H,7,12-16H2,1-6H3,(H2,23,24,25);1H. The van der Waals surface area contributed by atoms with Crippen molar-refractivity contribution in [1.29, 1.82) is 0 Å². The molecule has 2 N–H and O–H groups in total. The summed E-state index contributed by atoms with van der Waals surface area (Å²) in [6.07, 6.45) is 1.93. The van der Waals surface area contributed by atoms with Crippen LogP contribution in [0.1, 0.15) is 32.8 Å². The average molecular weight is 534 g/mol. The SMILES string of the molecule is CCOC(CCNC(=NCC(=O)N(C)C)NCCc1ccc(OC)cc1)C(C)C.I. The van der Waals surface area contributed by atoms with Crippen molar-refractivity contribution in [1.82, 2.24) is 15.5 Å². The highest BCUT2D eigenvalue weighted by atomic mass is 127. The van der Waals surface area contributed by atoms with Crippen LogP contribution in [0.25, 0.3) is 0 Å². The van der Waals surface area contributed by atoms with Crippen molar-refractivity contribution in [2.24, 2.45) is 10.9 Å². The van der Waals surface area contributed by atoms with Gasteiger partial charge in [-0.05, 0) is 43.4 Å². The number of rotatable bonds is 12. The number of nitrogens with one attached hydrogen (secondary N) is 2. The predicted octanol–water partition coefficient (Wildman–Crippen LogP) is 2.93. The molecule has 0 radical (unpaired) electrons. The molecular weight excluding hydrogens is 495 g/mol. The van der Waals surface area contributed by atoms with Gasteiger partial charge < -0.3 is 25.0 Å². The Morgan fingerprint density at radius 3 is 2.30 bits per heavy atom. The molecule has 0 saturated heterocycles. The van der Waals surface area contributed by atoms with Crippen LogP contribution in [-0.2, 0) is 16.0 Å². The Labute approximate surface area is 199 Å². The lowest BCUT2D eigenvalue weighted by Crippen LogP contribution is -2.41. The molecule has 0 saturated carbocycles. The van der Waals surface area contributed by atoms with E-state index in [0.717, 1.165) is 25.1 Å². The van der Waals surface area contributed by atoms with E-state index >= 15 is 0 Å². The Morgan fingerprint density at radius 2 is 1.77 bits per heavy atom. The second kappa shape index (κ2) is 16.2. The quantitative estimate of drug-likeness (QED) is 0.245. The van der Waals surface area contributed by atoms with Gasteiger partial charge in [0.25, 0.3) is 0 Å². The zero-order valence-electron chi connectivity index (χ0n) is 19.2. The normalized spacial score (nSPS) is 12.2. The van der Waals surface area contributed by atoms with Crippen LogP contribution >= 0.6 is 24.0 Å². The molecule has 0 aliphatic carbocycles. The van der Waals surface area contributed by atoms with Crippen LogP contribution in [0.15, 0.2) is 29.3 Å². The molecule has 1 unspecified atom stereocenters. The highest BCUT2D eigenvalue weighted by Gasteiger charge is 2.13. The number of likely N-dealkylation sites (N-methyl/N-ethyl adjacent to an activating group) is 1. The fourth-order valence-corrected chi connectivity index (χ4v) is 2.74. The second-order valence-electron chi connectivity index (χ2n) is 7.43. The summed E-state index contributed by atoms with van der Waals surface area (Å²) in [5.74, 6) is 1.92. The molecule has 1 atom stereocenters. The molecule has 0 bridgehead atoms. The summed E-state index contributed by atoms with van der Waals surface area (Å²) in [6.45, 7) is 8.62. The van der Waals surface area contributed by atoms with E-state index < -0.39 is 0 Å². The van der Waals surface area contributed by atoms with E-state index in [9.17, 15) is 4.79 Å². The molecule has 1 aromatic carbocycles. The number of benzene rings is 1. The maximum atomic E-state index is 11.9. The maximum Gasteiger partial charge on any atom is 0.243 e. The topological polar surface area (TPSA) is 75.2 Å². The van der Waals surface area contributed by atoms with Crippen molar-refractivity contribution < 1.29 is 14.3 Å².